The van der Waals surface area contributed by atoms with E-state index in [4.69, 9.17) is 0 Å². The van der Waals surface area contributed by atoms with Crippen LogP contribution in [0.1, 0.15) is 19.2 Å². The molecular formula is C14H21N3O. The van der Waals surface area contributed by atoms with Crippen LogP contribution in [0.15, 0.2) is 24.3 Å². The maximum absolute atomic E-state index is 9.96. The van der Waals surface area contributed by atoms with Gasteiger partial charge in [-0.3, -0.25) is 0 Å². The highest BCUT2D eigenvalue weighted by molar-refractivity contribution is 5.75. The normalized spacial score (nSPS) is 13.1. The predicted octanol–water partition coefficient (Wildman–Crippen LogP) is 1.57. The lowest BCUT2D eigenvalue weighted by atomic mass is 10.3. The van der Waals surface area contributed by atoms with Crippen LogP contribution in [0.4, 0.5) is 0 Å². The summed E-state index contributed by atoms with van der Waals surface area (Å²) in [5.41, 5.74) is 2.12. The summed E-state index contributed by atoms with van der Waals surface area (Å²) < 4.78 is 2.14. The lowest BCUT2D eigenvalue weighted by Gasteiger charge is -2.14. The van der Waals surface area contributed by atoms with Crippen molar-refractivity contribution in [2.24, 2.45) is 0 Å². The fraction of sp³-hybridized carbons (Fsp3) is 0.500. The van der Waals surface area contributed by atoms with E-state index in [1.165, 1.54) is 0 Å². The molecule has 0 amide bonds. The zero-order valence-corrected chi connectivity index (χ0v) is 11.1. The standard InChI is InChI=1S/C14H21N3O/c1-3-6-14-16-12-7-4-5-8-13(12)17(14)10-11(18)9-15-2/h4-5,7-8,11,15,18H,3,6,9-10H2,1-2H3. The molecule has 0 aliphatic carbocycles. The Balaban J connectivity index is 2.35. The van der Waals surface area contributed by atoms with Crippen LogP contribution in [0.5, 0.6) is 0 Å². The van der Waals surface area contributed by atoms with Crippen LogP contribution in [0.25, 0.3) is 11.0 Å². The molecule has 2 rings (SSSR count). The number of rotatable bonds is 6. The molecule has 1 aromatic carbocycles. The number of nitrogens with one attached hydrogen (secondary N) is 1. The number of imidazole rings is 1. The zero-order valence-electron chi connectivity index (χ0n) is 11.1. The molecular weight excluding hydrogens is 226 g/mol. The zero-order chi connectivity index (χ0) is 13.0. The van der Waals surface area contributed by atoms with Crippen molar-refractivity contribution in [1.29, 1.82) is 0 Å². The molecule has 0 saturated carbocycles. The molecule has 18 heavy (non-hydrogen) atoms. The number of hydrogen-bond donors (Lipinski definition) is 2. The largest absolute Gasteiger partial charge is 0.390 e. The van der Waals surface area contributed by atoms with Gasteiger partial charge < -0.3 is 15.0 Å². The molecule has 98 valence electrons. The number of aliphatic hydroxyl groups excluding tert-OH is 1. The van der Waals surface area contributed by atoms with Gasteiger partial charge in [0.15, 0.2) is 0 Å². The van der Waals surface area contributed by atoms with Gasteiger partial charge in [-0.05, 0) is 25.6 Å². The van der Waals surface area contributed by atoms with E-state index in [2.05, 4.69) is 27.9 Å². The minimum atomic E-state index is -0.386. The first-order valence-corrected chi connectivity index (χ1v) is 6.53. The average molecular weight is 247 g/mol. The first-order chi connectivity index (χ1) is 8.76. The van der Waals surface area contributed by atoms with Crippen molar-refractivity contribution >= 4 is 11.0 Å². The summed E-state index contributed by atoms with van der Waals surface area (Å²) in [6.07, 6.45) is 1.62. The number of para-hydroxylation sites is 2. The van der Waals surface area contributed by atoms with Gasteiger partial charge in [0, 0.05) is 13.0 Å². The smallest absolute Gasteiger partial charge is 0.109 e. The van der Waals surface area contributed by atoms with Gasteiger partial charge in [0.25, 0.3) is 0 Å². The van der Waals surface area contributed by atoms with Crippen LogP contribution in [0, 0.1) is 0 Å². The summed E-state index contributed by atoms with van der Waals surface area (Å²) in [6.45, 7) is 3.34. The number of likely N-dealkylation sites (N-methyl/N-ethyl adjacent to an activating group) is 1. The molecule has 0 aliphatic heterocycles. The first kappa shape index (κ1) is 13.1. The monoisotopic (exact) mass is 247 g/mol. The van der Waals surface area contributed by atoms with E-state index in [9.17, 15) is 5.11 Å². The number of aryl methyl sites for hydroxylation is 1. The number of nitrogens with zero attached hydrogens (tertiary/aromatic N) is 2. The fourth-order valence-electron chi connectivity index (χ4n) is 2.25. The summed E-state index contributed by atoms with van der Waals surface area (Å²) in [6, 6.07) is 8.10. The molecule has 4 nitrogen and oxygen atoms in total. The van der Waals surface area contributed by atoms with Crippen LogP contribution in [-0.4, -0.2) is 34.4 Å². The number of aromatic nitrogens is 2. The summed E-state index contributed by atoms with van der Waals surface area (Å²) in [4.78, 5) is 4.65. The van der Waals surface area contributed by atoms with Crippen LogP contribution in [0.3, 0.4) is 0 Å². The highest BCUT2D eigenvalue weighted by Gasteiger charge is 2.12. The Morgan fingerprint density at radius 1 is 1.39 bits per heavy atom. The molecule has 1 heterocycles. The third-order valence-corrected chi connectivity index (χ3v) is 3.04. The van der Waals surface area contributed by atoms with Gasteiger partial charge in [0.2, 0.25) is 0 Å². The Bertz CT molecular complexity index is 507. The molecule has 1 aromatic heterocycles. The van der Waals surface area contributed by atoms with Crippen LogP contribution in [-0.2, 0) is 13.0 Å². The molecule has 0 radical (unpaired) electrons. The van der Waals surface area contributed by atoms with Gasteiger partial charge >= 0.3 is 0 Å². The SMILES string of the molecule is CCCc1nc2ccccc2n1CC(O)CNC. The molecule has 0 spiro atoms. The van der Waals surface area contributed by atoms with E-state index < -0.39 is 0 Å². The second-order valence-electron chi connectivity index (χ2n) is 4.59. The number of fused-ring (bicyclic) bond motifs is 1. The van der Waals surface area contributed by atoms with E-state index in [1.54, 1.807) is 0 Å². The topological polar surface area (TPSA) is 50.1 Å². The van der Waals surface area contributed by atoms with Gasteiger partial charge in [-0.15, -0.1) is 0 Å². The van der Waals surface area contributed by atoms with Gasteiger partial charge in [-0.25, -0.2) is 4.98 Å². The van der Waals surface area contributed by atoms with Crippen LogP contribution < -0.4 is 5.32 Å². The molecule has 0 fully saturated rings. The first-order valence-electron chi connectivity index (χ1n) is 6.53. The second-order valence-corrected chi connectivity index (χ2v) is 4.59. The van der Waals surface area contributed by atoms with E-state index in [1.807, 2.05) is 25.2 Å². The Hall–Kier alpha value is -1.39. The lowest BCUT2D eigenvalue weighted by Crippen LogP contribution is -2.28. The van der Waals surface area contributed by atoms with E-state index in [-0.39, 0.29) is 6.10 Å². The highest BCUT2D eigenvalue weighted by Crippen LogP contribution is 2.17. The van der Waals surface area contributed by atoms with Crippen LogP contribution in [0.2, 0.25) is 0 Å². The fourth-order valence-corrected chi connectivity index (χ4v) is 2.25. The van der Waals surface area contributed by atoms with Gasteiger partial charge in [0.05, 0.1) is 23.7 Å². The molecule has 0 aliphatic rings. The molecule has 0 saturated heterocycles. The van der Waals surface area contributed by atoms with Crippen molar-refractivity contribution in [2.45, 2.75) is 32.4 Å². The van der Waals surface area contributed by atoms with E-state index >= 15 is 0 Å². The molecule has 0 bridgehead atoms. The summed E-state index contributed by atoms with van der Waals surface area (Å²) in [5.74, 6) is 1.06. The molecule has 1 atom stereocenters. The minimum absolute atomic E-state index is 0.386. The molecule has 2 aromatic rings. The predicted molar refractivity (Wildman–Crippen MR) is 73.7 cm³/mol. The summed E-state index contributed by atoms with van der Waals surface area (Å²) in [5, 5.41) is 13.0. The van der Waals surface area contributed by atoms with Crippen molar-refractivity contribution in [2.75, 3.05) is 13.6 Å². The van der Waals surface area contributed by atoms with E-state index in [0.29, 0.717) is 13.1 Å². The Morgan fingerprint density at radius 3 is 2.89 bits per heavy atom. The van der Waals surface area contributed by atoms with Crippen molar-refractivity contribution in [1.82, 2.24) is 14.9 Å². The number of aliphatic hydroxyl groups is 1. The minimum Gasteiger partial charge on any atom is -0.390 e. The van der Waals surface area contributed by atoms with Crippen molar-refractivity contribution < 1.29 is 5.11 Å². The third-order valence-electron chi connectivity index (χ3n) is 3.04. The average Bonchev–Trinajstić information content (AvgIpc) is 2.69. The quantitative estimate of drug-likeness (QED) is 0.814. The molecule has 4 heteroatoms. The lowest BCUT2D eigenvalue weighted by molar-refractivity contribution is 0.154. The Labute approximate surface area is 108 Å². The van der Waals surface area contributed by atoms with Crippen molar-refractivity contribution in [3.63, 3.8) is 0 Å². The molecule has 1 unspecified atom stereocenters. The van der Waals surface area contributed by atoms with E-state index in [0.717, 1.165) is 29.7 Å². The maximum atomic E-state index is 9.96. The van der Waals surface area contributed by atoms with Crippen molar-refractivity contribution in [3.05, 3.63) is 30.1 Å². The maximum Gasteiger partial charge on any atom is 0.109 e. The highest BCUT2D eigenvalue weighted by atomic mass is 16.3. The van der Waals surface area contributed by atoms with Gasteiger partial charge in [-0.1, -0.05) is 19.1 Å². The van der Waals surface area contributed by atoms with Crippen molar-refractivity contribution in [3.8, 4) is 0 Å². The third kappa shape index (κ3) is 2.71. The Kier molecular flexibility index (Phi) is 4.33. The van der Waals surface area contributed by atoms with Gasteiger partial charge in [0.1, 0.15) is 5.82 Å². The number of benzene rings is 1. The molecule has 2 N–H and O–H groups in total. The summed E-state index contributed by atoms with van der Waals surface area (Å²) >= 11 is 0. The summed E-state index contributed by atoms with van der Waals surface area (Å²) in [7, 11) is 1.85. The Morgan fingerprint density at radius 2 is 2.17 bits per heavy atom. The van der Waals surface area contributed by atoms with Crippen LogP contribution >= 0.6 is 0 Å². The van der Waals surface area contributed by atoms with Gasteiger partial charge in [-0.2, -0.15) is 0 Å². The number of hydrogen-bond acceptors (Lipinski definition) is 3. The second kappa shape index (κ2) is 5.98.